The molecule has 44 heavy (non-hydrogen) atoms. The van der Waals surface area contributed by atoms with Crippen LogP contribution < -0.4 is 18.5 Å². The second kappa shape index (κ2) is 11.6. The van der Waals surface area contributed by atoms with Gasteiger partial charge in [0.2, 0.25) is 0 Å². The number of hydrogen-bond acceptors (Lipinski definition) is 5. The monoisotopic (exact) mass is 600 g/mol. The lowest BCUT2D eigenvalue weighted by atomic mass is 9.81. The number of benzene rings is 5. The van der Waals surface area contributed by atoms with Crippen LogP contribution in [0.3, 0.4) is 0 Å². The van der Waals surface area contributed by atoms with E-state index < -0.39 is 8.60 Å². The maximum absolute atomic E-state index is 6.92. The van der Waals surface area contributed by atoms with E-state index in [9.17, 15) is 0 Å². The Balaban J connectivity index is 1.27. The Kier molecular flexibility index (Phi) is 7.22. The number of para-hydroxylation sites is 2. The van der Waals surface area contributed by atoms with Gasteiger partial charge in [0.25, 0.3) is 0 Å². The van der Waals surface area contributed by atoms with Crippen LogP contribution in [0.15, 0.2) is 115 Å². The molecule has 220 valence electrons. The van der Waals surface area contributed by atoms with Crippen molar-refractivity contribution in [2.75, 3.05) is 0 Å². The molecule has 0 aromatic heterocycles. The third-order valence-corrected chi connectivity index (χ3v) is 10.1. The summed E-state index contributed by atoms with van der Waals surface area (Å²) < 4.78 is 33.7. The highest BCUT2D eigenvalue weighted by atomic mass is 31.2. The standard InChI is InChI=1S/C38H33O5P/c1-25-30-21-11-22-31(25)41-44(42-34-20-10-5-15-27(34)26-13-3-2-4-14-26)43-36-24-12-23-35-38(36)37(28-16-6-8-18-32(28)39-30)29-17-7-9-19-33(29)40-35/h2-4,6-9,11-14,16-19,21-24,27,34,37H,5,10,15,20H2,1H3/t27-,34+,37+,44?/m1/s1. The fourth-order valence-corrected chi connectivity index (χ4v) is 8.03. The molecular formula is C38H33O5P. The molecule has 2 bridgehead atoms. The van der Waals surface area contributed by atoms with Gasteiger partial charge < -0.3 is 18.5 Å². The second-order valence-corrected chi connectivity index (χ2v) is 12.6. The van der Waals surface area contributed by atoms with E-state index in [-0.39, 0.29) is 17.9 Å². The summed E-state index contributed by atoms with van der Waals surface area (Å²) in [6.45, 7) is 2.02. The van der Waals surface area contributed by atoms with Crippen LogP contribution in [0.4, 0.5) is 0 Å². The fourth-order valence-electron chi connectivity index (χ4n) is 6.76. The third kappa shape index (κ3) is 5.00. The van der Waals surface area contributed by atoms with E-state index in [1.165, 1.54) is 12.0 Å². The van der Waals surface area contributed by atoms with Gasteiger partial charge >= 0.3 is 8.60 Å². The van der Waals surface area contributed by atoms with E-state index in [1.54, 1.807) is 0 Å². The zero-order valence-corrected chi connectivity index (χ0v) is 25.4. The van der Waals surface area contributed by atoms with Crippen molar-refractivity contribution in [2.24, 2.45) is 0 Å². The highest BCUT2D eigenvalue weighted by molar-refractivity contribution is 7.42. The Bertz CT molecular complexity index is 1810. The number of hydrogen-bond donors (Lipinski definition) is 0. The number of ether oxygens (including phenoxy) is 2. The van der Waals surface area contributed by atoms with Gasteiger partial charge in [-0.25, -0.2) is 0 Å². The first-order valence-electron chi connectivity index (χ1n) is 15.4. The quantitative estimate of drug-likeness (QED) is 0.189. The minimum Gasteiger partial charge on any atom is -0.457 e. The first-order chi connectivity index (χ1) is 21.7. The van der Waals surface area contributed by atoms with Crippen molar-refractivity contribution in [1.29, 1.82) is 0 Å². The molecule has 1 saturated carbocycles. The van der Waals surface area contributed by atoms with Gasteiger partial charge in [-0.05, 0) is 61.7 Å². The van der Waals surface area contributed by atoms with Gasteiger partial charge in [0.15, 0.2) is 0 Å². The Morgan fingerprint density at radius 1 is 0.568 bits per heavy atom. The van der Waals surface area contributed by atoms with Gasteiger partial charge in [0, 0.05) is 34.1 Å². The lowest BCUT2D eigenvalue weighted by Gasteiger charge is -2.35. The average molecular weight is 601 g/mol. The lowest BCUT2D eigenvalue weighted by molar-refractivity contribution is 0.116. The van der Waals surface area contributed by atoms with Crippen LogP contribution in [0.1, 0.15) is 65.3 Å². The zero-order chi connectivity index (χ0) is 29.5. The number of rotatable bonds is 3. The Morgan fingerprint density at radius 2 is 1.14 bits per heavy atom. The van der Waals surface area contributed by atoms with E-state index in [2.05, 4.69) is 54.6 Å². The molecule has 6 heteroatoms. The lowest BCUT2D eigenvalue weighted by Crippen LogP contribution is -2.26. The van der Waals surface area contributed by atoms with Gasteiger partial charge in [-0.3, -0.25) is 4.52 Å². The van der Waals surface area contributed by atoms with Gasteiger partial charge in [-0.1, -0.05) is 91.7 Å². The third-order valence-electron chi connectivity index (χ3n) is 8.95. The molecule has 2 aliphatic heterocycles. The zero-order valence-electron chi connectivity index (χ0n) is 24.5. The van der Waals surface area contributed by atoms with Crippen molar-refractivity contribution >= 4 is 8.60 Å². The molecule has 2 heterocycles. The molecule has 1 aliphatic carbocycles. The van der Waals surface area contributed by atoms with Crippen LogP contribution in [-0.4, -0.2) is 6.10 Å². The van der Waals surface area contributed by atoms with Crippen LogP contribution >= 0.6 is 8.60 Å². The van der Waals surface area contributed by atoms with Crippen molar-refractivity contribution in [3.8, 4) is 34.5 Å². The molecule has 5 aromatic rings. The molecule has 0 amide bonds. The predicted octanol–water partition coefficient (Wildman–Crippen LogP) is 10.8. The normalized spacial score (nSPS) is 21.8. The summed E-state index contributed by atoms with van der Waals surface area (Å²) in [5.74, 6) is 4.55. The largest absolute Gasteiger partial charge is 0.463 e. The summed E-state index contributed by atoms with van der Waals surface area (Å²) in [5, 5.41) is 0. The topological polar surface area (TPSA) is 46.2 Å². The molecule has 4 atom stereocenters. The summed E-state index contributed by atoms with van der Waals surface area (Å²) in [6, 6.07) is 39.0. The molecule has 3 aliphatic rings. The molecule has 0 spiro atoms. The summed E-state index contributed by atoms with van der Waals surface area (Å²) >= 11 is 0. The Labute approximate surface area is 259 Å². The van der Waals surface area contributed by atoms with E-state index >= 15 is 0 Å². The SMILES string of the molecule is Cc1c2cccc1OP(O[C@H]1CCCC[C@@H]1c1ccccc1)Oc1cccc3c1[C@@H](c1ccccc1O2)c1ccccc1O3. The van der Waals surface area contributed by atoms with E-state index in [0.29, 0.717) is 11.5 Å². The summed E-state index contributed by atoms with van der Waals surface area (Å²) in [4.78, 5) is 0. The maximum atomic E-state index is 6.92. The Morgan fingerprint density at radius 3 is 1.91 bits per heavy atom. The van der Waals surface area contributed by atoms with E-state index in [1.807, 2.05) is 67.6 Å². The van der Waals surface area contributed by atoms with Crippen LogP contribution in [0.2, 0.25) is 0 Å². The van der Waals surface area contributed by atoms with E-state index in [0.717, 1.165) is 64.5 Å². The van der Waals surface area contributed by atoms with Gasteiger partial charge in [0.05, 0.1) is 6.10 Å². The molecular weight excluding hydrogens is 567 g/mol. The van der Waals surface area contributed by atoms with Gasteiger partial charge in [-0.15, -0.1) is 0 Å². The summed E-state index contributed by atoms with van der Waals surface area (Å²) in [5.41, 5.74) is 5.22. The van der Waals surface area contributed by atoms with Crippen molar-refractivity contribution < 1.29 is 23.0 Å². The van der Waals surface area contributed by atoms with Crippen LogP contribution in [0.25, 0.3) is 0 Å². The minimum absolute atomic E-state index is 0.0297. The molecule has 1 unspecified atom stereocenters. The first-order valence-corrected chi connectivity index (χ1v) is 16.5. The summed E-state index contributed by atoms with van der Waals surface area (Å²) in [7, 11) is -1.84. The smallest absolute Gasteiger partial charge is 0.457 e. The highest BCUT2D eigenvalue weighted by Crippen LogP contribution is 2.57. The van der Waals surface area contributed by atoms with E-state index in [4.69, 9.17) is 23.0 Å². The van der Waals surface area contributed by atoms with Crippen molar-refractivity contribution in [1.82, 2.24) is 0 Å². The molecule has 8 rings (SSSR count). The molecule has 0 radical (unpaired) electrons. The van der Waals surface area contributed by atoms with Crippen molar-refractivity contribution in [2.45, 2.75) is 50.5 Å². The fraction of sp³-hybridized carbons (Fsp3) is 0.211. The molecule has 5 nitrogen and oxygen atoms in total. The molecule has 0 N–H and O–H groups in total. The Hall–Kier alpha value is -4.31. The summed E-state index contributed by atoms with van der Waals surface area (Å²) in [6.07, 6.45) is 4.29. The maximum Gasteiger partial charge on any atom is 0.463 e. The minimum atomic E-state index is -1.84. The predicted molar refractivity (Wildman–Crippen MR) is 172 cm³/mol. The van der Waals surface area contributed by atoms with Crippen LogP contribution in [-0.2, 0) is 4.52 Å². The van der Waals surface area contributed by atoms with Crippen molar-refractivity contribution in [3.63, 3.8) is 0 Å². The molecule has 0 saturated heterocycles. The van der Waals surface area contributed by atoms with Crippen molar-refractivity contribution in [3.05, 3.63) is 143 Å². The highest BCUT2D eigenvalue weighted by Gasteiger charge is 2.37. The molecule has 1 fully saturated rings. The van der Waals surface area contributed by atoms with Crippen LogP contribution in [0, 0.1) is 6.92 Å². The van der Waals surface area contributed by atoms with Gasteiger partial charge in [0.1, 0.15) is 34.5 Å². The molecule has 5 aromatic carbocycles. The van der Waals surface area contributed by atoms with Crippen LogP contribution in [0.5, 0.6) is 34.5 Å². The first kappa shape index (κ1) is 27.3. The second-order valence-electron chi connectivity index (χ2n) is 11.6. The average Bonchev–Trinajstić information content (AvgIpc) is 3.06. The van der Waals surface area contributed by atoms with Gasteiger partial charge in [-0.2, -0.15) is 0 Å². The number of fused-ring (bicyclic) bond motifs is 6.